The molecule has 7 heteroatoms. The molecule has 1 heterocycles. The smallest absolute Gasteiger partial charge is 0.218 e. The van der Waals surface area contributed by atoms with E-state index in [1.165, 1.54) is 0 Å². The first kappa shape index (κ1) is 14.4. The summed E-state index contributed by atoms with van der Waals surface area (Å²) in [6.07, 6.45) is 1.93. The van der Waals surface area contributed by atoms with Gasteiger partial charge in [0.15, 0.2) is 9.84 Å². The molecule has 0 aromatic heterocycles. The number of rotatable bonds is 6. The van der Waals surface area contributed by atoms with Gasteiger partial charge in [0.25, 0.3) is 0 Å². The van der Waals surface area contributed by atoms with Gasteiger partial charge in [0.2, 0.25) is 5.91 Å². The van der Waals surface area contributed by atoms with E-state index in [1.807, 2.05) is 0 Å². The first-order valence-corrected chi connectivity index (χ1v) is 7.68. The Kier molecular flexibility index (Phi) is 5.35. The van der Waals surface area contributed by atoms with Gasteiger partial charge in [0.05, 0.1) is 11.5 Å². The highest BCUT2D eigenvalue weighted by molar-refractivity contribution is 7.91. The molecule has 4 N–H and O–H groups in total. The van der Waals surface area contributed by atoms with Gasteiger partial charge in [-0.05, 0) is 19.4 Å². The quantitative estimate of drug-likeness (QED) is 0.619. The Morgan fingerprint density at radius 1 is 1.35 bits per heavy atom. The van der Waals surface area contributed by atoms with Gasteiger partial charge in [-0.3, -0.25) is 4.79 Å². The van der Waals surface area contributed by atoms with E-state index in [0.29, 0.717) is 6.54 Å². The van der Waals surface area contributed by atoms with Gasteiger partial charge in [-0.25, -0.2) is 8.42 Å². The number of carbonyl (C=O) groups is 1. The fourth-order valence-corrected chi connectivity index (χ4v) is 3.17. The third-order valence-corrected chi connectivity index (χ3v) is 4.55. The molecule has 1 aliphatic heterocycles. The predicted molar refractivity (Wildman–Crippen MR) is 66.1 cm³/mol. The summed E-state index contributed by atoms with van der Waals surface area (Å²) in [4.78, 5) is 12.6. The molecule has 0 aromatic rings. The van der Waals surface area contributed by atoms with Crippen LogP contribution in [0.5, 0.6) is 0 Å². The van der Waals surface area contributed by atoms with E-state index in [1.54, 1.807) is 0 Å². The summed E-state index contributed by atoms with van der Waals surface area (Å²) in [5.74, 6) is -0.650. The van der Waals surface area contributed by atoms with Crippen molar-refractivity contribution in [1.29, 1.82) is 0 Å². The fourth-order valence-electron chi connectivity index (χ4n) is 1.92. The molecule has 1 aliphatic rings. The van der Waals surface area contributed by atoms with E-state index < -0.39 is 15.7 Å². The number of piperidine rings is 1. The van der Waals surface area contributed by atoms with Crippen molar-refractivity contribution in [3.05, 3.63) is 0 Å². The first-order valence-electron chi connectivity index (χ1n) is 5.86. The van der Waals surface area contributed by atoms with Crippen LogP contribution in [0.15, 0.2) is 0 Å². The molecule has 1 rings (SSSR count). The molecule has 0 aliphatic carbocycles. The normalized spacial score (nSPS) is 22.5. The molecule has 0 aromatic carbocycles. The molecule has 0 spiro atoms. The van der Waals surface area contributed by atoms with Crippen molar-refractivity contribution >= 4 is 15.7 Å². The molecule has 0 radical (unpaired) electrons. The Morgan fingerprint density at radius 3 is 2.65 bits per heavy atom. The van der Waals surface area contributed by atoms with Crippen LogP contribution >= 0.6 is 0 Å². The Labute approximate surface area is 102 Å². The molecule has 1 fully saturated rings. The number of carbonyl (C=O) groups excluding carboxylic acids is 1. The highest BCUT2D eigenvalue weighted by Gasteiger charge is 2.19. The summed E-state index contributed by atoms with van der Waals surface area (Å²) < 4.78 is 23.2. The van der Waals surface area contributed by atoms with Crippen LogP contribution in [0.3, 0.4) is 0 Å². The fraction of sp³-hybridized carbons (Fsp3) is 0.900. The van der Waals surface area contributed by atoms with Crippen LogP contribution in [0.1, 0.15) is 19.3 Å². The molecule has 0 saturated carbocycles. The lowest BCUT2D eigenvalue weighted by Crippen LogP contribution is -2.44. The van der Waals surface area contributed by atoms with Gasteiger partial charge >= 0.3 is 0 Å². The molecule has 17 heavy (non-hydrogen) atoms. The van der Waals surface area contributed by atoms with Crippen LogP contribution in [0.2, 0.25) is 0 Å². The van der Waals surface area contributed by atoms with Crippen molar-refractivity contribution in [3.63, 3.8) is 0 Å². The summed E-state index contributed by atoms with van der Waals surface area (Å²) >= 11 is 0. The molecule has 1 saturated heterocycles. The number of hydrogen-bond acceptors (Lipinski definition) is 5. The van der Waals surface area contributed by atoms with Gasteiger partial charge in [-0.1, -0.05) is 0 Å². The SMILES string of the molecule is NC(=O)CCS(=O)(=O)CCN1CCC[C@@H](N)C1. The number of likely N-dealkylation sites (tertiary alicyclic amines) is 1. The molecule has 100 valence electrons. The molecule has 0 bridgehead atoms. The molecule has 1 atom stereocenters. The number of amides is 1. The number of sulfone groups is 1. The maximum atomic E-state index is 11.6. The Balaban J connectivity index is 2.31. The number of hydrogen-bond donors (Lipinski definition) is 2. The van der Waals surface area contributed by atoms with E-state index in [-0.39, 0.29) is 24.0 Å². The van der Waals surface area contributed by atoms with Crippen molar-refractivity contribution in [3.8, 4) is 0 Å². The average molecular weight is 263 g/mol. The van der Waals surface area contributed by atoms with Crippen LogP contribution in [0, 0.1) is 0 Å². The van der Waals surface area contributed by atoms with Crippen molar-refractivity contribution < 1.29 is 13.2 Å². The zero-order chi connectivity index (χ0) is 12.9. The van der Waals surface area contributed by atoms with Crippen molar-refractivity contribution in [2.75, 3.05) is 31.1 Å². The third kappa shape index (κ3) is 5.99. The van der Waals surface area contributed by atoms with Crippen LogP contribution in [-0.2, 0) is 14.6 Å². The largest absolute Gasteiger partial charge is 0.370 e. The highest BCUT2D eigenvalue weighted by Crippen LogP contribution is 2.08. The zero-order valence-corrected chi connectivity index (χ0v) is 10.8. The average Bonchev–Trinajstić information content (AvgIpc) is 2.24. The van der Waals surface area contributed by atoms with Gasteiger partial charge in [-0.2, -0.15) is 0 Å². The Hall–Kier alpha value is -0.660. The minimum Gasteiger partial charge on any atom is -0.370 e. The van der Waals surface area contributed by atoms with Gasteiger partial charge in [-0.15, -0.1) is 0 Å². The summed E-state index contributed by atoms with van der Waals surface area (Å²) in [7, 11) is -3.18. The summed E-state index contributed by atoms with van der Waals surface area (Å²) in [5.41, 5.74) is 10.7. The monoisotopic (exact) mass is 263 g/mol. The predicted octanol–water partition coefficient (Wildman–Crippen LogP) is -1.30. The second kappa shape index (κ2) is 6.32. The highest BCUT2D eigenvalue weighted by atomic mass is 32.2. The number of primary amides is 1. The minimum atomic E-state index is -3.18. The lowest BCUT2D eigenvalue weighted by Gasteiger charge is -2.30. The van der Waals surface area contributed by atoms with Gasteiger partial charge < -0.3 is 16.4 Å². The third-order valence-electron chi connectivity index (χ3n) is 2.92. The lowest BCUT2D eigenvalue weighted by atomic mass is 10.1. The van der Waals surface area contributed by atoms with E-state index in [9.17, 15) is 13.2 Å². The Bertz CT molecular complexity index is 356. The first-order chi connectivity index (χ1) is 7.89. The topological polar surface area (TPSA) is 106 Å². The summed E-state index contributed by atoms with van der Waals surface area (Å²) in [5, 5.41) is 0. The van der Waals surface area contributed by atoms with E-state index in [2.05, 4.69) is 4.90 Å². The molecule has 1 amide bonds. The maximum absolute atomic E-state index is 11.6. The van der Waals surface area contributed by atoms with Crippen LogP contribution in [0.4, 0.5) is 0 Å². The van der Waals surface area contributed by atoms with Crippen molar-refractivity contribution in [1.82, 2.24) is 4.90 Å². The summed E-state index contributed by atoms with van der Waals surface area (Å²) in [6.45, 7) is 2.15. The van der Waals surface area contributed by atoms with Crippen LogP contribution in [-0.4, -0.2) is 56.4 Å². The molecule has 6 nitrogen and oxygen atoms in total. The number of nitrogens with zero attached hydrogens (tertiary/aromatic N) is 1. The minimum absolute atomic E-state index is 0.0764. The van der Waals surface area contributed by atoms with E-state index in [4.69, 9.17) is 11.5 Å². The number of nitrogens with two attached hydrogens (primary N) is 2. The van der Waals surface area contributed by atoms with Gasteiger partial charge in [0, 0.05) is 25.6 Å². The van der Waals surface area contributed by atoms with Crippen molar-refractivity contribution in [2.24, 2.45) is 11.5 Å². The molecular formula is C10H21N3O3S. The van der Waals surface area contributed by atoms with E-state index in [0.717, 1.165) is 25.9 Å². The van der Waals surface area contributed by atoms with Crippen LogP contribution in [0.25, 0.3) is 0 Å². The van der Waals surface area contributed by atoms with Crippen molar-refractivity contribution in [2.45, 2.75) is 25.3 Å². The van der Waals surface area contributed by atoms with E-state index >= 15 is 0 Å². The summed E-state index contributed by atoms with van der Waals surface area (Å²) in [6, 6.07) is 0.150. The van der Waals surface area contributed by atoms with Gasteiger partial charge in [0.1, 0.15) is 0 Å². The maximum Gasteiger partial charge on any atom is 0.218 e. The van der Waals surface area contributed by atoms with Crippen LogP contribution < -0.4 is 11.5 Å². The lowest BCUT2D eigenvalue weighted by molar-refractivity contribution is -0.117. The zero-order valence-electron chi connectivity index (χ0n) is 9.97. The second-order valence-electron chi connectivity index (χ2n) is 4.57. The Morgan fingerprint density at radius 2 is 2.06 bits per heavy atom. The second-order valence-corrected chi connectivity index (χ2v) is 6.87. The standard InChI is InChI=1S/C10H21N3O3S/c11-9-2-1-4-13(8-9)5-7-17(15,16)6-3-10(12)14/h9H,1-8,11H2,(H2,12,14)/t9-/m1/s1. The molecular weight excluding hydrogens is 242 g/mol. The molecule has 0 unspecified atom stereocenters.